The van der Waals surface area contributed by atoms with E-state index in [2.05, 4.69) is 21.8 Å². The Morgan fingerprint density at radius 1 is 1.26 bits per heavy atom. The summed E-state index contributed by atoms with van der Waals surface area (Å²) in [6.45, 7) is 8.86. The maximum Gasteiger partial charge on any atom is 0.289 e. The lowest BCUT2D eigenvalue weighted by Crippen LogP contribution is -2.54. The van der Waals surface area contributed by atoms with Crippen molar-refractivity contribution in [2.24, 2.45) is 4.99 Å². The van der Waals surface area contributed by atoms with Gasteiger partial charge in [0, 0.05) is 46.8 Å². The number of aliphatic imine (C=N–C) groups is 1. The van der Waals surface area contributed by atoms with Gasteiger partial charge in [0.25, 0.3) is 5.91 Å². The summed E-state index contributed by atoms with van der Waals surface area (Å²) in [5.41, 5.74) is 0.975. The third-order valence-electron chi connectivity index (χ3n) is 4.01. The van der Waals surface area contributed by atoms with Gasteiger partial charge in [-0.05, 0) is 19.1 Å². The van der Waals surface area contributed by atoms with Gasteiger partial charge < -0.3 is 24.4 Å². The number of likely N-dealkylation sites (N-methyl/N-ethyl adjacent to an activating group) is 1. The van der Waals surface area contributed by atoms with Gasteiger partial charge in [-0.1, -0.05) is 12.2 Å². The Morgan fingerprint density at radius 2 is 1.89 bits per heavy atom. The maximum absolute atomic E-state index is 12.3. The Morgan fingerprint density at radius 3 is 2.41 bits per heavy atom. The molecule has 2 amide bonds. The van der Waals surface area contributed by atoms with Crippen molar-refractivity contribution in [3.8, 4) is 0 Å². The topological polar surface area (TPSA) is 81.4 Å². The molecule has 0 bridgehead atoms. The molecule has 0 spiro atoms. The van der Waals surface area contributed by atoms with E-state index in [-0.39, 0.29) is 42.3 Å². The van der Waals surface area contributed by atoms with E-state index in [9.17, 15) is 9.59 Å². The summed E-state index contributed by atoms with van der Waals surface area (Å²) in [6.07, 6.45) is 1.50. The molecule has 0 aliphatic carbocycles. The van der Waals surface area contributed by atoms with Crippen LogP contribution in [0.5, 0.6) is 0 Å². The molecule has 1 N–H and O–H groups in total. The first-order valence-corrected chi connectivity index (χ1v) is 8.59. The van der Waals surface area contributed by atoms with Crippen LogP contribution in [0.3, 0.4) is 0 Å². The minimum absolute atomic E-state index is 0. The number of nitrogens with one attached hydrogen (secondary N) is 1. The van der Waals surface area contributed by atoms with Crippen LogP contribution in [0, 0.1) is 0 Å². The van der Waals surface area contributed by atoms with Crippen molar-refractivity contribution in [2.75, 3.05) is 53.4 Å². The smallest absolute Gasteiger partial charge is 0.289 e. The molecule has 1 aromatic rings. The third kappa shape index (κ3) is 6.89. The van der Waals surface area contributed by atoms with E-state index in [1.165, 1.54) is 11.2 Å². The van der Waals surface area contributed by atoms with Crippen LogP contribution in [-0.2, 0) is 4.79 Å². The third-order valence-corrected chi connectivity index (χ3v) is 4.01. The molecule has 2 rings (SSSR count). The predicted molar refractivity (Wildman–Crippen MR) is 115 cm³/mol. The zero-order chi connectivity index (χ0) is 19.1. The summed E-state index contributed by atoms with van der Waals surface area (Å²) in [5.74, 6) is 0.842. The van der Waals surface area contributed by atoms with Crippen molar-refractivity contribution in [1.82, 2.24) is 20.0 Å². The van der Waals surface area contributed by atoms with Gasteiger partial charge in [0.05, 0.1) is 6.26 Å². The molecule has 1 saturated heterocycles. The highest BCUT2D eigenvalue weighted by molar-refractivity contribution is 14.0. The van der Waals surface area contributed by atoms with Crippen molar-refractivity contribution in [1.29, 1.82) is 0 Å². The average molecular weight is 489 g/mol. The molecule has 8 nitrogen and oxygen atoms in total. The molecule has 27 heavy (non-hydrogen) atoms. The van der Waals surface area contributed by atoms with E-state index in [0.717, 1.165) is 5.57 Å². The van der Waals surface area contributed by atoms with E-state index in [1.54, 1.807) is 31.1 Å². The number of piperazine rings is 1. The minimum atomic E-state index is -0.106. The number of carbonyl (C=O) groups excluding carboxylic acids is 2. The summed E-state index contributed by atoms with van der Waals surface area (Å²) in [6, 6.07) is 3.38. The first kappa shape index (κ1) is 23.0. The van der Waals surface area contributed by atoms with Crippen LogP contribution >= 0.6 is 24.0 Å². The molecule has 0 radical (unpaired) electrons. The molecule has 0 atom stereocenters. The lowest BCUT2D eigenvalue weighted by Gasteiger charge is -2.36. The molecule has 9 heteroatoms. The highest BCUT2D eigenvalue weighted by atomic mass is 127. The van der Waals surface area contributed by atoms with Crippen LogP contribution in [0.4, 0.5) is 0 Å². The number of rotatable bonds is 5. The lowest BCUT2D eigenvalue weighted by molar-refractivity contribution is -0.127. The van der Waals surface area contributed by atoms with Crippen LogP contribution in [0.15, 0.2) is 40.0 Å². The number of guanidine groups is 1. The van der Waals surface area contributed by atoms with Gasteiger partial charge >= 0.3 is 0 Å². The van der Waals surface area contributed by atoms with Gasteiger partial charge in [-0.3, -0.25) is 9.59 Å². The fraction of sp³-hybridized carbons (Fsp3) is 0.500. The molecule has 2 heterocycles. The van der Waals surface area contributed by atoms with Gasteiger partial charge in [0.15, 0.2) is 11.7 Å². The van der Waals surface area contributed by atoms with Gasteiger partial charge in [-0.2, -0.15) is 0 Å². The molecule has 0 saturated carbocycles. The largest absolute Gasteiger partial charge is 0.459 e. The second-order valence-electron chi connectivity index (χ2n) is 6.50. The number of hydrogen-bond donors (Lipinski definition) is 1. The van der Waals surface area contributed by atoms with E-state index < -0.39 is 0 Å². The number of halogens is 1. The number of hydrogen-bond acceptors (Lipinski definition) is 4. The molecule has 1 fully saturated rings. The summed E-state index contributed by atoms with van der Waals surface area (Å²) < 4.78 is 5.18. The first-order valence-electron chi connectivity index (χ1n) is 8.59. The van der Waals surface area contributed by atoms with Crippen molar-refractivity contribution in [3.05, 3.63) is 36.3 Å². The Bertz CT molecular complexity index is 665. The fourth-order valence-corrected chi connectivity index (χ4v) is 2.46. The Labute approximate surface area is 177 Å². The zero-order valence-electron chi connectivity index (χ0n) is 16.1. The second kappa shape index (κ2) is 11.0. The molecule has 0 aromatic carbocycles. The van der Waals surface area contributed by atoms with E-state index in [1.807, 2.05) is 6.92 Å². The molecule has 0 unspecified atom stereocenters. The zero-order valence-corrected chi connectivity index (χ0v) is 18.4. The average Bonchev–Trinajstić information content (AvgIpc) is 3.15. The number of furan rings is 1. The molecule has 1 aliphatic heterocycles. The Balaban J connectivity index is 0.00000364. The first-order chi connectivity index (χ1) is 12.4. The van der Waals surface area contributed by atoms with Gasteiger partial charge in [0.1, 0.15) is 6.54 Å². The normalized spacial score (nSPS) is 14.4. The molecular formula is C18H28IN5O3. The summed E-state index contributed by atoms with van der Waals surface area (Å²) in [7, 11) is 3.41. The summed E-state index contributed by atoms with van der Waals surface area (Å²) in [5, 5.41) is 3.24. The highest BCUT2D eigenvalue weighted by Crippen LogP contribution is 2.09. The van der Waals surface area contributed by atoms with Crippen LogP contribution in [0.25, 0.3) is 0 Å². The summed E-state index contributed by atoms with van der Waals surface area (Å²) >= 11 is 0. The number of amides is 2. The van der Waals surface area contributed by atoms with Crippen LogP contribution in [0.2, 0.25) is 0 Å². The quantitative estimate of drug-likeness (QED) is 0.292. The van der Waals surface area contributed by atoms with Crippen molar-refractivity contribution in [3.63, 3.8) is 0 Å². The molecule has 150 valence electrons. The van der Waals surface area contributed by atoms with Crippen molar-refractivity contribution >= 4 is 41.8 Å². The van der Waals surface area contributed by atoms with Crippen LogP contribution in [-0.4, -0.2) is 85.8 Å². The number of nitrogens with zero attached hydrogens (tertiary/aromatic N) is 4. The SMILES string of the molecule is C=C(C)CNC(=NCC(=O)N(C)C)N1CCN(C(=O)c2ccco2)CC1.I. The second-order valence-corrected chi connectivity index (χ2v) is 6.50. The highest BCUT2D eigenvalue weighted by Gasteiger charge is 2.25. The lowest BCUT2D eigenvalue weighted by atomic mass is 10.3. The van der Waals surface area contributed by atoms with Gasteiger partial charge in [-0.25, -0.2) is 4.99 Å². The Kier molecular flexibility index (Phi) is 9.33. The number of carbonyl (C=O) groups is 2. The Hall–Kier alpha value is -2.04. The maximum atomic E-state index is 12.3. The van der Waals surface area contributed by atoms with Gasteiger partial charge in [0.2, 0.25) is 5.91 Å². The summed E-state index contributed by atoms with van der Waals surface area (Å²) in [4.78, 5) is 33.9. The van der Waals surface area contributed by atoms with Crippen LogP contribution in [0.1, 0.15) is 17.5 Å². The van der Waals surface area contributed by atoms with Crippen molar-refractivity contribution in [2.45, 2.75) is 6.92 Å². The van der Waals surface area contributed by atoms with Crippen molar-refractivity contribution < 1.29 is 14.0 Å². The monoisotopic (exact) mass is 489 g/mol. The molecule has 1 aromatic heterocycles. The van der Waals surface area contributed by atoms with Crippen LogP contribution < -0.4 is 5.32 Å². The minimum Gasteiger partial charge on any atom is -0.459 e. The van der Waals surface area contributed by atoms with E-state index in [4.69, 9.17) is 4.42 Å². The molecular weight excluding hydrogens is 461 g/mol. The van der Waals surface area contributed by atoms with Gasteiger partial charge in [-0.15, -0.1) is 24.0 Å². The standard InChI is InChI=1S/C18H27N5O3.HI/c1-14(2)12-19-18(20-13-16(24)21(3)4)23-9-7-22(8-10-23)17(25)15-6-5-11-26-15;/h5-6,11H,1,7-10,12-13H2,2-4H3,(H,19,20);1H. The molecule has 1 aliphatic rings. The van der Waals surface area contributed by atoms with E-state index >= 15 is 0 Å². The predicted octanol–water partition coefficient (Wildman–Crippen LogP) is 1.27. The van der Waals surface area contributed by atoms with E-state index in [0.29, 0.717) is 44.4 Å². The fourth-order valence-electron chi connectivity index (χ4n) is 2.46.